The van der Waals surface area contributed by atoms with E-state index in [2.05, 4.69) is 10.3 Å². The zero-order valence-electron chi connectivity index (χ0n) is 23.0. The van der Waals surface area contributed by atoms with Gasteiger partial charge < -0.3 is 34.6 Å². The van der Waals surface area contributed by atoms with Crippen LogP contribution in [0.3, 0.4) is 0 Å². The molecule has 4 aromatic rings. The van der Waals surface area contributed by atoms with Gasteiger partial charge in [0.15, 0.2) is 17.6 Å². The van der Waals surface area contributed by atoms with Crippen molar-refractivity contribution in [3.63, 3.8) is 0 Å². The largest absolute Gasteiger partial charge is 0.508 e. The Labute approximate surface area is 243 Å². The molecule has 15 nitrogen and oxygen atoms in total. The summed E-state index contributed by atoms with van der Waals surface area (Å²) in [5.74, 6) is -1.42. The Kier molecular flexibility index (Phi) is 8.34. The number of aromatic nitrogens is 5. The number of nitrogens with zero attached hydrogens (tertiary/aromatic N) is 5. The lowest BCUT2D eigenvalue weighted by Crippen LogP contribution is -2.41. The molecule has 0 unspecified atom stereocenters. The molecule has 0 aliphatic carbocycles. The number of aromatic hydroxyl groups is 4. The third-order valence-electron chi connectivity index (χ3n) is 6.83. The van der Waals surface area contributed by atoms with Gasteiger partial charge in [-0.05, 0) is 24.6 Å². The van der Waals surface area contributed by atoms with Gasteiger partial charge in [0.1, 0.15) is 35.6 Å². The van der Waals surface area contributed by atoms with Crippen molar-refractivity contribution in [1.82, 2.24) is 24.1 Å². The molecular weight excluding hydrogens is 566 g/mol. The second-order valence-corrected chi connectivity index (χ2v) is 9.78. The van der Waals surface area contributed by atoms with E-state index in [1.54, 1.807) is 19.2 Å². The summed E-state index contributed by atoms with van der Waals surface area (Å²) < 4.78 is 20.6. The van der Waals surface area contributed by atoms with Crippen LogP contribution in [-0.4, -0.2) is 63.2 Å². The van der Waals surface area contributed by atoms with Gasteiger partial charge >= 0.3 is 11.7 Å². The number of phenolic OH excluding ortho intramolecular Hbond substituents is 4. The van der Waals surface area contributed by atoms with Crippen LogP contribution in [-0.2, 0) is 46.9 Å². The van der Waals surface area contributed by atoms with E-state index in [0.29, 0.717) is 16.8 Å². The summed E-state index contributed by atoms with van der Waals surface area (Å²) in [7, 11) is 0. The summed E-state index contributed by atoms with van der Waals surface area (Å²) in [5.41, 5.74) is 0.0969. The fraction of sp³-hybridized carbons (Fsp3) is 0.321. The number of fused-ring (bicyclic) bond motifs is 1. The molecule has 5 rings (SSSR count). The molecule has 1 aliphatic rings. The molecule has 4 N–H and O–H groups in total. The van der Waals surface area contributed by atoms with E-state index in [1.165, 1.54) is 45.8 Å². The number of rotatable bonds is 10. The fourth-order valence-corrected chi connectivity index (χ4v) is 4.72. The van der Waals surface area contributed by atoms with Gasteiger partial charge in [0.2, 0.25) is 0 Å². The Morgan fingerprint density at radius 3 is 2.63 bits per heavy atom. The average molecular weight is 596 g/mol. The van der Waals surface area contributed by atoms with E-state index in [0.717, 1.165) is 4.57 Å². The van der Waals surface area contributed by atoms with E-state index >= 15 is 0 Å². The monoisotopic (exact) mass is 595 g/mol. The Balaban J connectivity index is 1.28. The molecule has 0 amide bonds. The van der Waals surface area contributed by atoms with Crippen molar-refractivity contribution in [1.29, 1.82) is 0 Å². The number of benzene rings is 2. The third kappa shape index (κ3) is 6.46. The maximum absolute atomic E-state index is 12.7. The molecule has 2 aromatic heterocycles. The summed E-state index contributed by atoms with van der Waals surface area (Å²) in [6.07, 6.45) is 1.72. The Hall–Kier alpha value is -5.31. The maximum atomic E-state index is 12.7. The number of aryl methyl sites for hydroxylation is 2. The molecule has 0 radical (unpaired) electrons. The van der Waals surface area contributed by atoms with Crippen molar-refractivity contribution in [2.75, 3.05) is 6.61 Å². The van der Waals surface area contributed by atoms with Crippen molar-refractivity contribution in [2.45, 2.75) is 51.8 Å². The van der Waals surface area contributed by atoms with Crippen molar-refractivity contribution in [3.05, 3.63) is 86.5 Å². The first kappa shape index (κ1) is 29.2. The Morgan fingerprint density at radius 2 is 1.86 bits per heavy atom. The second-order valence-electron chi connectivity index (χ2n) is 9.78. The van der Waals surface area contributed by atoms with Gasteiger partial charge in [-0.2, -0.15) is 0 Å². The lowest BCUT2D eigenvalue weighted by Gasteiger charge is -2.34. The molecule has 0 bridgehead atoms. The summed E-state index contributed by atoms with van der Waals surface area (Å²) in [5, 5.41) is 48.3. The highest BCUT2D eigenvalue weighted by Gasteiger charge is 2.35. The van der Waals surface area contributed by atoms with Crippen LogP contribution in [0.5, 0.6) is 28.7 Å². The SMILES string of the molecule is CCOC(=O)Cn1c(=O)ccn(CCn2cc(CO[C@H]3Cc4c(O)cc(O)cc4O[C@@H]3c3ccc(O)c(O)c3)nn2)c1=O. The van der Waals surface area contributed by atoms with E-state index < -0.39 is 36.0 Å². The van der Waals surface area contributed by atoms with Crippen LogP contribution in [0.4, 0.5) is 0 Å². The molecule has 1 aliphatic heterocycles. The minimum Gasteiger partial charge on any atom is -0.508 e. The highest BCUT2D eigenvalue weighted by molar-refractivity contribution is 5.69. The zero-order valence-corrected chi connectivity index (χ0v) is 23.0. The van der Waals surface area contributed by atoms with Crippen molar-refractivity contribution >= 4 is 5.97 Å². The standard InChI is InChI=1S/C28H29N5O10/c1-2-41-26(39)14-33-25(38)5-6-31(28(33)40)7-8-32-13-17(29-30-32)15-42-24-12-19-21(36)10-18(34)11-23(19)43-27(24)16-3-4-20(35)22(37)9-16/h3-6,9-11,13,24,27,34-37H,2,7-8,12,14-15H2,1H3/t24-,27+/m0/s1. The van der Waals surface area contributed by atoms with Crippen molar-refractivity contribution in [2.24, 2.45) is 0 Å². The topological polar surface area (TPSA) is 200 Å². The van der Waals surface area contributed by atoms with Crippen LogP contribution >= 0.6 is 0 Å². The first-order valence-corrected chi connectivity index (χ1v) is 13.3. The van der Waals surface area contributed by atoms with Gasteiger partial charge in [-0.25, -0.2) is 9.36 Å². The summed E-state index contributed by atoms with van der Waals surface area (Å²) in [6.45, 7) is 1.61. The molecule has 2 atom stereocenters. The number of carbonyl (C=O) groups excluding carboxylic acids is 1. The highest BCUT2D eigenvalue weighted by atomic mass is 16.5. The molecule has 226 valence electrons. The van der Waals surface area contributed by atoms with Crippen LogP contribution in [0.2, 0.25) is 0 Å². The van der Waals surface area contributed by atoms with E-state index in [4.69, 9.17) is 14.2 Å². The summed E-state index contributed by atoms with van der Waals surface area (Å²) >= 11 is 0. The van der Waals surface area contributed by atoms with Crippen LogP contribution in [0.1, 0.15) is 29.8 Å². The molecule has 15 heteroatoms. The van der Waals surface area contributed by atoms with Gasteiger partial charge in [-0.1, -0.05) is 11.3 Å². The Bertz CT molecular complexity index is 1760. The van der Waals surface area contributed by atoms with Gasteiger partial charge in [0.05, 0.1) is 26.0 Å². The summed E-state index contributed by atoms with van der Waals surface area (Å²) in [6, 6.07) is 8.00. The third-order valence-corrected chi connectivity index (χ3v) is 6.83. The van der Waals surface area contributed by atoms with Crippen LogP contribution < -0.4 is 16.0 Å². The lowest BCUT2D eigenvalue weighted by molar-refractivity contribution is -0.143. The molecule has 0 fully saturated rings. The fourth-order valence-electron chi connectivity index (χ4n) is 4.72. The van der Waals surface area contributed by atoms with Crippen LogP contribution in [0.15, 0.2) is 58.4 Å². The number of phenols is 4. The van der Waals surface area contributed by atoms with E-state index in [1.807, 2.05) is 0 Å². The minimum atomic E-state index is -0.771. The van der Waals surface area contributed by atoms with Gasteiger partial charge in [-0.3, -0.25) is 18.8 Å². The van der Waals surface area contributed by atoms with Gasteiger partial charge in [0, 0.05) is 42.9 Å². The molecular formula is C28H29N5O10. The summed E-state index contributed by atoms with van der Waals surface area (Å²) in [4.78, 5) is 36.6. The first-order chi connectivity index (χ1) is 20.6. The minimum absolute atomic E-state index is 0.00681. The maximum Gasteiger partial charge on any atom is 0.331 e. The predicted octanol–water partition coefficient (Wildman–Crippen LogP) is 0.949. The van der Waals surface area contributed by atoms with Crippen LogP contribution in [0, 0.1) is 0 Å². The van der Waals surface area contributed by atoms with E-state index in [9.17, 15) is 34.8 Å². The molecule has 3 heterocycles. The normalized spacial score (nSPS) is 15.9. The number of hydrogen-bond donors (Lipinski definition) is 4. The van der Waals surface area contributed by atoms with Gasteiger partial charge in [-0.15, -0.1) is 5.10 Å². The predicted molar refractivity (Wildman–Crippen MR) is 147 cm³/mol. The van der Waals surface area contributed by atoms with Gasteiger partial charge in [0.25, 0.3) is 5.56 Å². The lowest BCUT2D eigenvalue weighted by atomic mass is 9.93. The molecule has 0 saturated carbocycles. The average Bonchev–Trinajstić information content (AvgIpc) is 3.43. The van der Waals surface area contributed by atoms with Crippen molar-refractivity contribution < 1.29 is 39.4 Å². The van der Waals surface area contributed by atoms with E-state index in [-0.39, 0.29) is 61.5 Å². The first-order valence-electron chi connectivity index (χ1n) is 13.3. The smallest absolute Gasteiger partial charge is 0.331 e. The quantitative estimate of drug-likeness (QED) is 0.150. The molecule has 0 saturated heterocycles. The highest BCUT2D eigenvalue weighted by Crippen LogP contribution is 2.43. The molecule has 0 spiro atoms. The number of hydrogen-bond acceptors (Lipinski definition) is 12. The molecule has 2 aromatic carbocycles. The number of esters is 1. The van der Waals surface area contributed by atoms with Crippen LogP contribution in [0.25, 0.3) is 0 Å². The Morgan fingerprint density at radius 1 is 1.05 bits per heavy atom. The van der Waals surface area contributed by atoms with Crippen molar-refractivity contribution in [3.8, 4) is 28.7 Å². The number of carbonyl (C=O) groups is 1. The second kappa shape index (κ2) is 12.3. The zero-order chi connectivity index (χ0) is 30.7. The number of ether oxygens (including phenoxy) is 3. The molecule has 43 heavy (non-hydrogen) atoms.